The van der Waals surface area contributed by atoms with E-state index in [1.165, 1.54) is 19.2 Å². The fraction of sp³-hybridized carbons (Fsp3) is 0.500. The standard InChI is InChI=1S/C22H31N4O8PS/c1-13(2)32-19(28)14(3)25-35(36,34-15-8-6-5-7-9-15)31-12-16-18(27)22(4,30)20(33-16)26-11-10-17(23)24-21(26)29/h5-11,13-14,16,18,20,27,30H,12H2,1-4H3,(H,25,36)(H2,23,24,29). The number of aliphatic hydroxyl groups excluding tert-OH is 1. The minimum absolute atomic E-state index is 0.00394. The summed E-state index contributed by atoms with van der Waals surface area (Å²) in [5.41, 5.74) is 2.90. The van der Waals surface area contributed by atoms with Crippen LogP contribution in [0.5, 0.6) is 5.75 Å². The fourth-order valence-corrected chi connectivity index (χ4v) is 5.91. The van der Waals surface area contributed by atoms with Crippen LogP contribution >= 0.6 is 6.64 Å². The molecule has 2 aromatic rings. The van der Waals surface area contributed by atoms with Crippen molar-refractivity contribution in [3.05, 3.63) is 53.1 Å². The number of hydrogen-bond donors (Lipinski definition) is 4. The molecular formula is C22H31N4O8PS. The Labute approximate surface area is 213 Å². The molecule has 0 bridgehead atoms. The minimum atomic E-state index is -3.41. The topological polar surface area (TPSA) is 167 Å². The van der Waals surface area contributed by atoms with E-state index in [4.69, 9.17) is 36.1 Å². The van der Waals surface area contributed by atoms with Gasteiger partial charge in [0.2, 0.25) is 0 Å². The number of nitrogens with one attached hydrogen (secondary N) is 1. The molecule has 198 valence electrons. The Morgan fingerprint density at radius 3 is 2.61 bits per heavy atom. The number of aromatic nitrogens is 2. The van der Waals surface area contributed by atoms with Crippen molar-refractivity contribution in [2.24, 2.45) is 0 Å². The number of benzene rings is 1. The molecule has 5 N–H and O–H groups in total. The van der Waals surface area contributed by atoms with E-state index in [0.717, 1.165) is 4.57 Å². The zero-order valence-corrected chi connectivity index (χ0v) is 22.0. The molecule has 1 saturated heterocycles. The molecular weight excluding hydrogens is 511 g/mol. The quantitative estimate of drug-likeness (QED) is 0.250. The molecule has 1 fully saturated rings. The molecule has 0 saturated carbocycles. The first-order valence-corrected chi connectivity index (χ1v) is 13.8. The van der Waals surface area contributed by atoms with Crippen LogP contribution in [0.1, 0.15) is 33.9 Å². The predicted molar refractivity (Wildman–Crippen MR) is 135 cm³/mol. The van der Waals surface area contributed by atoms with E-state index in [9.17, 15) is 19.8 Å². The number of nitrogen functional groups attached to an aromatic ring is 1. The molecule has 1 aliphatic heterocycles. The average molecular weight is 543 g/mol. The first-order valence-electron chi connectivity index (χ1n) is 11.2. The van der Waals surface area contributed by atoms with Crippen LogP contribution in [0.25, 0.3) is 0 Å². The van der Waals surface area contributed by atoms with Gasteiger partial charge in [-0.2, -0.15) is 4.98 Å². The molecule has 1 aromatic heterocycles. The summed E-state index contributed by atoms with van der Waals surface area (Å²) >= 11 is 5.65. The van der Waals surface area contributed by atoms with Crippen molar-refractivity contribution < 1.29 is 33.5 Å². The SMILES string of the molecule is CC(C)OC(=O)C(C)NP(=S)(OCC1OC(n2ccc(N)nc2=O)C(C)(O)C1O)Oc1ccccc1. The van der Waals surface area contributed by atoms with Crippen molar-refractivity contribution in [2.75, 3.05) is 12.3 Å². The van der Waals surface area contributed by atoms with Crippen LogP contribution in [0.4, 0.5) is 5.82 Å². The van der Waals surface area contributed by atoms with Gasteiger partial charge in [0.05, 0.1) is 12.7 Å². The van der Waals surface area contributed by atoms with Gasteiger partial charge in [0.15, 0.2) is 6.23 Å². The molecule has 36 heavy (non-hydrogen) atoms. The van der Waals surface area contributed by atoms with Crippen LogP contribution in [0, 0.1) is 0 Å². The second kappa shape index (κ2) is 11.3. The van der Waals surface area contributed by atoms with Gasteiger partial charge in [-0.05, 0) is 57.7 Å². The molecule has 14 heteroatoms. The van der Waals surface area contributed by atoms with Gasteiger partial charge < -0.3 is 34.5 Å². The van der Waals surface area contributed by atoms with Crippen molar-refractivity contribution in [1.29, 1.82) is 0 Å². The smallest absolute Gasteiger partial charge is 0.351 e. The Kier molecular flexibility index (Phi) is 8.88. The van der Waals surface area contributed by atoms with Gasteiger partial charge in [0.1, 0.15) is 35.4 Å². The number of carbonyl (C=O) groups is 1. The summed E-state index contributed by atoms with van der Waals surface area (Å²) in [6, 6.07) is 9.13. The zero-order valence-electron chi connectivity index (χ0n) is 20.3. The van der Waals surface area contributed by atoms with Crippen LogP contribution in [0.3, 0.4) is 0 Å². The number of nitrogens with two attached hydrogens (primary N) is 1. The first-order chi connectivity index (χ1) is 16.8. The van der Waals surface area contributed by atoms with E-state index in [1.807, 2.05) is 0 Å². The molecule has 12 nitrogen and oxygen atoms in total. The molecule has 1 aliphatic rings. The van der Waals surface area contributed by atoms with E-state index in [2.05, 4.69) is 10.1 Å². The van der Waals surface area contributed by atoms with E-state index in [1.54, 1.807) is 51.1 Å². The van der Waals surface area contributed by atoms with Crippen LogP contribution in [0.2, 0.25) is 0 Å². The number of nitrogens with zero attached hydrogens (tertiary/aromatic N) is 2. The summed E-state index contributed by atoms with van der Waals surface area (Å²) in [5.74, 6) is -0.144. The highest BCUT2D eigenvalue weighted by Crippen LogP contribution is 2.47. The summed E-state index contributed by atoms with van der Waals surface area (Å²) in [5, 5.41) is 24.6. The molecule has 1 aromatic carbocycles. The van der Waals surface area contributed by atoms with Crippen LogP contribution in [0.15, 0.2) is 47.4 Å². The number of anilines is 1. The summed E-state index contributed by atoms with van der Waals surface area (Å²) in [6.07, 6.45) is -2.86. The number of aliphatic hydroxyl groups is 2. The third kappa shape index (κ3) is 6.68. The van der Waals surface area contributed by atoms with E-state index in [-0.39, 0.29) is 18.5 Å². The Bertz CT molecular complexity index is 1160. The lowest BCUT2D eigenvalue weighted by atomic mass is 9.96. The highest BCUT2D eigenvalue weighted by molar-refractivity contribution is 8.09. The Morgan fingerprint density at radius 2 is 2.00 bits per heavy atom. The normalized spacial score (nSPS) is 26.4. The summed E-state index contributed by atoms with van der Waals surface area (Å²) in [6.45, 7) is 2.59. The summed E-state index contributed by atoms with van der Waals surface area (Å²) in [4.78, 5) is 28.3. The van der Waals surface area contributed by atoms with Gasteiger partial charge in [-0.1, -0.05) is 18.2 Å². The third-order valence-corrected chi connectivity index (χ3v) is 7.79. The summed E-state index contributed by atoms with van der Waals surface area (Å²) < 4.78 is 23.9. The second-order valence-electron chi connectivity index (χ2n) is 8.77. The van der Waals surface area contributed by atoms with E-state index < -0.39 is 48.4 Å². The van der Waals surface area contributed by atoms with E-state index >= 15 is 0 Å². The maximum Gasteiger partial charge on any atom is 0.351 e. The van der Waals surface area contributed by atoms with Gasteiger partial charge in [0, 0.05) is 6.20 Å². The Balaban J connectivity index is 1.79. The fourth-order valence-electron chi connectivity index (χ4n) is 3.49. The first kappa shape index (κ1) is 28.2. The second-order valence-corrected chi connectivity index (χ2v) is 11.9. The number of ether oxygens (including phenoxy) is 2. The molecule has 6 unspecified atom stereocenters. The molecule has 3 rings (SSSR count). The van der Waals surface area contributed by atoms with Crippen molar-refractivity contribution in [3.8, 4) is 5.75 Å². The lowest BCUT2D eigenvalue weighted by Crippen LogP contribution is -2.46. The van der Waals surface area contributed by atoms with Crippen LogP contribution in [-0.2, 0) is 30.6 Å². The van der Waals surface area contributed by atoms with Gasteiger partial charge in [0.25, 0.3) is 0 Å². The molecule has 6 atom stereocenters. The lowest BCUT2D eigenvalue weighted by molar-refractivity contribution is -0.149. The number of para-hydroxylation sites is 1. The predicted octanol–water partition coefficient (Wildman–Crippen LogP) is 1.08. The maximum absolute atomic E-state index is 12.4. The van der Waals surface area contributed by atoms with Crippen molar-refractivity contribution in [1.82, 2.24) is 14.6 Å². The van der Waals surface area contributed by atoms with Crippen molar-refractivity contribution >= 4 is 30.2 Å². The van der Waals surface area contributed by atoms with Gasteiger partial charge >= 0.3 is 18.3 Å². The maximum atomic E-state index is 12.4. The Morgan fingerprint density at radius 1 is 1.33 bits per heavy atom. The molecule has 0 spiro atoms. The molecule has 0 amide bonds. The largest absolute Gasteiger partial charge is 0.462 e. The third-order valence-electron chi connectivity index (χ3n) is 5.29. The lowest BCUT2D eigenvalue weighted by Gasteiger charge is -2.28. The van der Waals surface area contributed by atoms with Crippen LogP contribution in [-0.4, -0.2) is 62.3 Å². The highest BCUT2D eigenvalue weighted by atomic mass is 32.5. The minimum Gasteiger partial charge on any atom is -0.462 e. The summed E-state index contributed by atoms with van der Waals surface area (Å²) in [7, 11) is 0. The van der Waals surface area contributed by atoms with Crippen molar-refractivity contribution in [2.45, 2.75) is 63.9 Å². The van der Waals surface area contributed by atoms with Crippen molar-refractivity contribution in [3.63, 3.8) is 0 Å². The zero-order chi connectivity index (χ0) is 26.7. The van der Waals surface area contributed by atoms with Crippen LogP contribution < -0.4 is 21.0 Å². The number of esters is 1. The number of hydrogen-bond acceptors (Lipinski definition) is 11. The molecule has 2 heterocycles. The Hall–Kier alpha value is -2.38. The van der Waals surface area contributed by atoms with Gasteiger partial charge in [-0.15, -0.1) is 0 Å². The van der Waals surface area contributed by atoms with E-state index in [0.29, 0.717) is 5.75 Å². The average Bonchev–Trinajstić information content (AvgIpc) is 3.01. The van der Waals surface area contributed by atoms with Gasteiger partial charge in [-0.3, -0.25) is 9.36 Å². The molecule has 0 aliphatic carbocycles. The monoisotopic (exact) mass is 542 g/mol. The number of rotatable bonds is 10. The van der Waals surface area contributed by atoms with Gasteiger partial charge in [-0.25, -0.2) is 9.88 Å². The highest BCUT2D eigenvalue weighted by Gasteiger charge is 2.54. The molecule has 0 radical (unpaired) electrons. The number of carbonyl (C=O) groups excluding carboxylic acids is 1.